The third-order valence-corrected chi connectivity index (χ3v) is 2.54. The van der Waals surface area contributed by atoms with Crippen LogP contribution >= 0.6 is 11.8 Å². The van der Waals surface area contributed by atoms with Crippen LogP contribution in [0.5, 0.6) is 0 Å². The number of hydrogen-bond acceptors (Lipinski definition) is 3. The van der Waals surface area contributed by atoms with Crippen LogP contribution < -0.4 is 5.73 Å². The van der Waals surface area contributed by atoms with Crippen molar-refractivity contribution < 1.29 is 0 Å². The highest BCUT2D eigenvalue weighted by Crippen LogP contribution is 2.13. The van der Waals surface area contributed by atoms with Gasteiger partial charge in [-0.3, -0.25) is 4.68 Å². The molecular formula is C8H15N3S. The van der Waals surface area contributed by atoms with Gasteiger partial charge in [0.2, 0.25) is 0 Å². The zero-order chi connectivity index (χ0) is 8.97. The summed E-state index contributed by atoms with van der Waals surface area (Å²) >= 11 is 1.89. The Bertz CT molecular complexity index is 244. The lowest BCUT2D eigenvalue weighted by molar-refractivity contribution is 0.640. The monoisotopic (exact) mass is 185 g/mol. The van der Waals surface area contributed by atoms with Crippen molar-refractivity contribution in [2.45, 2.75) is 26.1 Å². The molecule has 12 heavy (non-hydrogen) atoms. The predicted octanol–water partition coefficient (Wildman–Crippen LogP) is 1.74. The molecule has 1 rings (SSSR count). The van der Waals surface area contributed by atoms with Crippen molar-refractivity contribution in [1.82, 2.24) is 9.78 Å². The first-order valence-electron chi connectivity index (χ1n) is 4.17. The number of aryl methyl sites for hydroxylation is 1. The van der Waals surface area contributed by atoms with Gasteiger partial charge in [0.1, 0.15) is 5.82 Å². The average molecular weight is 185 g/mol. The number of nitrogen functional groups attached to an aromatic ring is 1. The van der Waals surface area contributed by atoms with Crippen LogP contribution in [0.25, 0.3) is 0 Å². The van der Waals surface area contributed by atoms with Crippen molar-refractivity contribution in [3.8, 4) is 0 Å². The Morgan fingerprint density at radius 3 is 2.92 bits per heavy atom. The van der Waals surface area contributed by atoms with Crippen LogP contribution in [0.1, 0.15) is 19.5 Å². The van der Waals surface area contributed by atoms with E-state index in [1.165, 1.54) is 5.69 Å². The fourth-order valence-corrected chi connectivity index (χ4v) is 1.72. The molecule has 2 N–H and O–H groups in total. The number of anilines is 1. The second-order valence-electron chi connectivity index (χ2n) is 2.51. The summed E-state index contributed by atoms with van der Waals surface area (Å²) in [4.78, 5) is 0. The van der Waals surface area contributed by atoms with Crippen LogP contribution in [0, 0.1) is 0 Å². The van der Waals surface area contributed by atoms with Crippen molar-refractivity contribution in [3.63, 3.8) is 0 Å². The fraction of sp³-hybridized carbons (Fsp3) is 0.625. The zero-order valence-corrected chi connectivity index (χ0v) is 8.40. The van der Waals surface area contributed by atoms with Gasteiger partial charge in [-0.15, -0.1) is 0 Å². The predicted molar refractivity (Wildman–Crippen MR) is 54.1 cm³/mol. The van der Waals surface area contributed by atoms with E-state index in [4.69, 9.17) is 5.73 Å². The molecule has 0 aliphatic carbocycles. The largest absolute Gasteiger partial charge is 0.382 e. The molecule has 1 heterocycles. The van der Waals surface area contributed by atoms with E-state index in [1.807, 2.05) is 22.5 Å². The smallest absolute Gasteiger partial charge is 0.145 e. The molecule has 0 aliphatic rings. The molecule has 0 fully saturated rings. The summed E-state index contributed by atoms with van der Waals surface area (Å²) < 4.78 is 1.96. The lowest BCUT2D eigenvalue weighted by Crippen LogP contribution is -2.01. The van der Waals surface area contributed by atoms with Crippen LogP contribution in [0.15, 0.2) is 6.07 Å². The summed E-state index contributed by atoms with van der Waals surface area (Å²) in [6.45, 7) is 5.13. The first-order valence-corrected chi connectivity index (χ1v) is 5.33. The van der Waals surface area contributed by atoms with Crippen molar-refractivity contribution in [2.24, 2.45) is 0 Å². The second kappa shape index (κ2) is 4.40. The lowest BCUT2D eigenvalue weighted by atomic mass is 10.4. The molecule has 0 radical (unpaired) electrons. The summed E-state index contributed by atoms with van der Waals surface area (Å²) in [5, 5.41) is 4.16. The van der Waals surface area contributed by atoms with E-state index in [0.29, 0.717) is 5.82 Å². The second-order valence-corrected chi connectivity index (χ2v) is 3.79. The first-order chi connectivity index (χ1) is 5.77. The minimum atomic E-state index is 0.628. The Hall–Kier alpha value is -0.640. The Labute approximate surface area is 77.3 Å². The standard InChI is InChI=1S/C8H15N3S/c1-3-11-7(6-12-4-2)5-8(9)10-11/h5H,3-4,6H2,1-2H3,(H2,9,10). The van der Waals surface area contributed by atoms with Gasteiger partial charge < -0.3 is 5.73 Å². The highest BCUT2D eigenvalue weighted by atomic mass is 32.2. The minimum Gasteiger partial charge on any atom is -0.382 e. The lowest BCUT2D eigenvalue weighted by Gasteiger charge is -2.01. The Balaban J connectivity index is 2.68. The van der Waals surface area contributed by atoms with Crippen LogP contribution in [0.4, 0.5) is 5.82 Å². The van der Waals surface area contributed by atoms with E-state index in [0.717, 1.165) is 18.1 Å². The van der Waals surface area contributed by atoms with Gasteiger partial charge in [-0.05, 0) is 12.7 Å². The quantitative estimate of drug-likeness (QED) is 0.777. The molecule has 0 unspecified atom stereocenters. The number of nitrogens with two attached hydrogens (primary N) is 1. The van der Waals surface area contributed by atoms with Crippen molar-refractivity contribution in [1.29, 1.82) is 0 Å². The summed E-state index contributed by atoms with van der Waals surface area (Å²) in [5.74, 6) is 2.77. The molecule has 0 spiro atoms. The third kappa shape index (κ3) is 2.17. The van der Waals surface area contributed by atoms with Gasteiger partial charge in [0, 0.05) is 18.4 Å². The van der Waals surface area contributed by atoms with Gasteiger partial charge in [0.25, 0.3) is 0 Å². The summed E-state index contributed by atoms with van der Waals surface area (Å²) in [6.07, 6.45) is 0. The third-order valence-electron chi connectivity index (χ3n) is 1.64. The minimum absolute atomic E-state index is 0.628. The van der Waals surface area contributed by atoms with Crippen LogP contribution in [0.2, 0.25) is 0 Å². The van der Waals surface area contributed by atoms with E-state index >= 15 is 0 Å². The molecule has 0 saturated carbocycles. The highest BCUT2D eigenvalue weighted by molar-refractivity contribution is 7.98. The van der Waals surface area contributed by atoms with Crippen LogP contribution in [-0.4, -0.2) is 15.5 Å². The fourth-order valence-electron chi connectivity index (χ4n) is 1.07. The van der Waals surface area contributed by atoms with Gasteiger partial charge in [-0.25, -0.2) is 0 Å². The first kappa shape index (κ1) is 9.45. The molecule has 0 aliphatic heterocycles. The highest BCUT2D eigenvalue weighted by Gasteiger charge is 2.02. The normalized spacial score (nSPS) is 10.5. The number of hydrogen-bond donors (Lipinski definition) is 1. The maximum absolute atomic E-state index is 5.59. The van der Waals surface area contributed by atoms with Crippen molar-refractivity contribution in [3.05, 3.63) is 11.8 Å². The van der Waals surface area contributed by atoms with E-state index in [-0.39, 0.29) is 0 Å². The van der Waals surface area contributed by atoms with E-state index in [1.54, 1.807) is 0 Å². The van der Waals surface area contributed by atoms with Crippen molar-refractivity contribution in [2.75, 3.05) is 11.5 Å². The van der Waals surface area contributed by atoms with Gasteiger partial charge in [-0.2, -0.15) is 16.9 Å². The number of thioether (sulfide) groups is 1. The van der Waals surface area contributed by atoms with Crippen molar-refractivity contribution >= 4 is 17.6 Å². The Kier molecular flexibility index (Phi) is 3.47. The molecule has 0 bridgehead atoms. The Morgan fingerprint density at radius 2 is 2.33 bits per heavy atom. The topological polar surface area (TPSA) is 43.8 Å². The summed E-state index contributed by atoms with van der Waals surface area (Å²) in [5.41, 5.74) is 6.81. The van der Waals surface area contributed by atoms with E-state index < -0.39 is 0 Å². The molecule has 0 aromatic carbocycles. The number of aromatic nitrogens is 2. The number of rotatable bonds is 4. The van der Waals surface area contributed by atoms with Crippen LogP contribution in [-0.2, 0) is 12.3 Å². The summed E-state index contributed by atoms with van der Waals surface area (Å²) in [7, 11) is 0. The van der Waals surface area contributed by atoms with Gasteiger partial charge >= 0.3 is 0 Å². The number of nitrogens with zero attached hydrogens (tertiary/aromatic N) is 2. The molecule has 0 atom stereocenters. The molecule has 1 aromatic rings. The molecule has 0 amide bonds. The molecule has 0 saturated heterocycles. The molecular weight excluding hydrogens is 170 g/mol. The molecule has 1 aromatic heterocycles. The van der Waals surface area contributed by atoms with Crippen LogP contribution in [0.3, 0.4) is 0 Å². The van der Waals surface area contributed by atoms with Gasteiger partial charge in [0.15, 0.2) is 0 Å². The summed E-state index contributed by atoms with van der Waals surface area (Å²) in [6, 6.07) is 1.95. The van der Waals surface area contributed by atoms with Gasteiger partial charge in [-0.1, -0.05) is 6.92 Å². The maximum atomic E-state index is 5.59. The SMILES string of the molecule is CCSCc1cc(N)nn1CC. The van der Waals surface area contributed by atoms with E-state index in [9.17, 15) is 0 Å². The van der Waals surface area contributed by atoms with Gasteiger partial charge in [0.05, 0.1) is 5.69 Å². The molecule has 68 valence electrons. The molecule has 4 heteroatoms. The average Bonchev–Trinajstić information content (AvgIpc) is 2.42. The Morgan fingerprint density at radius 1 is 1.58 bits per heavy atom. The zero-order valence-electron chi connectivity index (χ0n) is 7.58. The van der Waals surface area contributed by atoms with E-state index in [2.05, 4.69) is 18.9 Å². The maximum Gasteiger partial charge on any atom is 0.145 e. The molecule has 3 nitrogen and oxygen atoms in total.